The molecule has 2 aromatic rings. The van der Waals surface area contributed by atoms with Gasteiger partial charge in [-0.1, -0.05) is 30.3 Å². The van der Waals surface area contributed by atoms with Gasteiger partial charge in [0.2, 0.25) is 6.10 Å². The van der Waals surface area contributed by atoms with Crippen molar-refractivity contribution in [3.05, 3.63) is 60.2 Å². The lowest BCUT2D eigenvalue weighted by Crippen LogP contribution is -2.20. The van der Waals surface area contributed by atoms with Gasteiger partial charge in [0.05, 0.1) is 14.2 Å². The van der Waals surface area contributed by atoms with Crippen LogP contribution in [0.15, 0.2) is 54.6 Å². The summed E-state index contributed by atoms with van der Waals surface area (Å²) in [6, 6.07) is 16.3. The Morgan fingerprint density at radius 2 is 1.55 bits per heavy atom. The minimum Gasteiger partial charge on any atom is -0.497 e. The number of carbonyl (C=O) groups excluding carboxylic acids is 1. The molecule has 0 bridgehead atoms. The average Bonchev–Trinajstić information content (AvgIpc) is 2.53. The first-order valence-corrected chi connectivity index (χ1v) is 6.18. The summed E-state index contributed by atoms with van der Waals surface area (Å²) in [6.45, 7) is 0. The van der Waals surface area contributed by atoms with Crippen LogP contribution in [-0.2, 0) is 9.53 Å². The zero-order valence-electron chi connectivity index (χ0n) is 11.4. The minimum atomic E-state index is -0.798. The first-order chi connectivity index (χ1) is 9.74. The normalized spacial score (nSPS) is 11.5. The molecule has 0 radical (unpaired) electrons. The van der Waals surface area contributed by atoms with E-state index in [0.717, 1.165) is 5.75 Å². The molecule has 4 heteroatoms. The predicted molar refractivity (Wildman–Crippen MR) is 74.8 cm³/mol. The third-order valence-electron chi connectivity index (χ3n) is 2.83. The highest BCUT2D eigenvalue weighted by Gasteiger charge is 2.23. The molecule has 0 fully saturated rings. The van der Waals surface area contributed by atoms with Crippen LogP contribution in [0, 0.1) is 0 Å². The van der Waals surface area contributed by atoms with Gasteiger partial charge in [-0.25, -0.2) is 4.79 Å². The van der Waals surface area contributed by atoms with Crippen LogP contribution in [-0.4, -0.2) is 20.2 Å². The molecule has 0 unspecified atom stereocenters. The molecule has 0 aliphatic heterocycles. The van der Waals surface area contributed by atoms with Crippen LogP contribution in [0.2, 0.25) is 0 Å². The van der Waals surface area contributed by atoms with Crippen molar-refractivity contribution in [1.82, 2.24) is 0 Å². The molecule has 0 saturated heterocycles. The van der Waals surface area contributed by atoms with Gasteiger partial charge >= 0.3 is 5.97 Å². The SMILES string of the molecule is COC(=O)[C@H](Oc1ccccc1)c1ccc(OC)cc1. The van der Waals surface area contributed by atoms with E-state index in [2.05, 4.69) is 0 Å². The molecule has 0 saturated carbocycles. The molecule has 2 rings (SSSR count). The summed E-state index contributed by atoms with van der Waals surface area (Å²) in [4.78, 5) is 11.9. The van der Waals surface area contributed by atoms with Crippen LogP contribution in [0.1, 0.15) is 11.7 Å². The summed E-state index contributed by atoms with van der Waals surface area (Å²) in [5.41, 5.74) is 0.710. The van der Waals surface area contributed by atoms with Crippen molar-refractivity contribution in [2.24, 2.45) is 0 Å². The molecule has 20 heavy (non-hydrogen) atoms. The van der Waals surface area contributed by atoms with Crippen molar-refractivity contribution in [2.75, 3.05) is 14.2 Å². The second kappa shape index (κ2) is 6.61. The van der Waals surface area contributed by atoms with Crippen LogP contribution >= 0.6 is 0 Å². The molecule has 0 N–H and O–H groups in total. The standard InChI is InChI=1S/C16H16O4/c1-18-13-10-8-12(9-11-13)15(16(17)19-2)20-14-6-4-3-5-7-14/h3-11,15H,1-2H3/t15-/m1/s1. The molecule has 0 heterocycles. The lowest BCUT2D eigenvalue weighted by molar-refractivity contribution is -0.149. The van der Waals surface area contributed by atoms with E-state index in [4.69, 9.17) is 14.2 Å². The number of hydrogen-bond donors (Lipinski definition) is 0. The molecule has 0 aromatic heterocycles. The number of benzene rings is 2. The highest BCUT2D eigenvalue weighted by molar-refractivity contribution is 5.77. The van der Waals surface area contributed by atoms with E-state index in [9.17, 15) is 4.79 Å². The van der Waals surface area contributed by atoms with Crippen LogP contribution in [0.3, 0.4) is 0 Å². The third-order valence-corrected chi connectivity index (χ3v) is 2.83. The second-order valence-electron chi connectivity index (χ2n) is 4.11. The fraction of sp³-hybridized carbons (Fsp3) is 0.188. The number of hydrogen-bond acceptors (Lipinski definition) is 4. The molecule has 0 aliphatic rings. The van der Waals surface area contributed by atoms with E-state index >= 15 is 0 Å². The van der Waals surface area contributed by atoms with Gasteiger partial charge in [-0.15, -0.1) is 0 Å². The number of carbonyl (C=O) groups is 1. The number of ether oxygens (including phenoxy) is 3. The first-order valence-electron chi connectivity index (χ1n) is 6.18. The van der Waals surface area contributed by atoms with E-state index in [-0.39, 0.29) is 0 Å². The van der Waals surface area contributed by atoms with Crippen molar-refractivity contribution in [3.63, 3.8) is 0 Å². The summed E-state index contributed by atoms with van der Waals surface area (Å²) in [5, 5.41) is 0. The number of rotatable bonds is 5. The topological polar surface area (TPSA) is 44.8 Å². The Kier molecular flexibility index (Phi) is 4.60. The van der Waals surface area contributed by atoms with Crippen LogP contribution in [0.4, 0.5) is 0 Å². The van der Waals surface area contributed by atoms with Crippen LogP contribution in [0.5, 0.6) is 11.5 Å². The van der Waals surface area contributed by atoms with Crippen molar-refractivity contribution in [1.29, 1.82) is 0 Å². The summed E-state index contributed by atoms with van der Waals surface area (Å²) < 4.78 is 15.6. The highest BCUT2D eigenvalue weighted by Crippen LogP contribution is 2.24. The van der Waals surface area contributed by atoms with E-state index in [1.165, 1.54) is 7.11 Å². The molecule has 2 aromatic carbocycles. The largest absolute Gasteiger partial charge is 0.497 e. The van der Waals surface area contributed by atoms with Gasteiger partial charge in [0.15, 0.2) is 0 Å². The third kappa shape index (κ3) is 3.29. The van der Waals surface area contributed by atoms with Gasteiger partial charge in [0.25, 0.3) is 0 Å². The van der Waals surface area contributed by atoms with Crippen LogP contribution < -0.4 is 9.47 Å². The van der Waals surface area contributed by atoms with Gasteiger partial charge in [0.1, 0.15) is 11.5 Å². The highest BCUT2D eigenvalue weighted by atomic mass is 16.6. The summed E-state index contributed by atoms with van der Waals surface area (Å²) in [5.74, 6) is 0.884. The predicted octanol–water partition coefficient (Wildman–Crippen LogP) is 2.99. The Hall–Kier alpha value is -2.49. The Morgan fingerprint density at radius 1 is 0.900 bits per heavy atom. The Balaban J connectivity index is 2.25. The van der Waals surface area contributed by atoms with E-state index < -0.39 is 12.1 Å². The Bertz CT molecular complexity index is 548. The van der Waals surface area contributed by atoms with E-state index in [1.54, 1.807) is 43.5 Å². The molecule has 104 valence electrons. The van der Waals surface area contributed by atoms with E-state index in [0.29, 0.717) is 11.3 Å². The molecule has 0 aliphatic carbocycles. The van der Waals surface area contributed by atoms with Crippen LogP contribution in [0.25, 0.3) is 0 Å². The lowest BCUT2D eigenvalue weighted by atomic mass is 10.1. The zero-order chi connectivity index (χ0) is 14.4. The van der Waals surface area contributed by atoms with Crippen molar-refractivity contribution < 1.29 is 19.0 Å². The van der Waals surface area contributed by atoms with E-state index in [1.807, 2.05) is 18.2 Å². The maximum atomic E-state index is 11.9. The fourth-order valence-electron chi connectivity index (χ4n) is 1.77. The Morgan fingerprint density at radius 3 is 2.10 bits per heavy atom. The maximum Gasteiger partial charge on any atom is 0.351 e. The fourth-order valence-corrected chi connectivity index (χ4v) is 1.77. The minimum absolute atomic E-state index is 0.445. The quantitative estimate of drug-likeness (QED) is 0.785. The van der Waals surface area contributed by atoms with Gasteiger partial charge in [-0.2, -0.15) is 0 Å². The lowest BCUT2D eigenvalue weighted by Gasteiger charge is -2.17. The maximum absolute atomic E-state index is 11.9. The number of para-hydroxylation sites is 1. The van der Waals surface area contributed by atoms with Crippen molar-refractivity contribution >= 4 is 5.97 Å². The van der Waals surface area contributed by atoms with Gasteiger partial charge in [-0.05, 0) is 24.3 Å². The summed E-state index contributed by atoms with van der Waals surface area (Å²) in [7, 11) is 2.93. The second-order valence-corrected chi connectivity index (χ2v) is 4.11. The summed E-state index contributed by atoms with van der Waals surface area (Å²) in [6.07, 6.45) is -0.798. The molecule has 1 atom stereocenters. The molecule has 0 spiro atoms. The van der Waals surface area contributed by atoms with Crippen molar-refractivity contribution in [2.45, 2.75) is 6.10 Å². The molecule has 4 nitrogen and oxygen atoms in total. The van der Waals surface area contributed by atoms with Gasteiger partial charge < -0.3 is 14.2 Å². The smallest absolute Gasteiger partial charge is 0.351 e. The summed E-state index contributed by atoms with van der Waals surface area (Å²) >= 11 is 0. The molecular weight excluding hydrogens is 256 g/mol. The number of methoxy groups -OCH3 is 2. The van der Waals surface area contributed by atoms with Gasteiger partial charge in [0, 0.05) is 5.56 Å². The monoisotopic (exact) mass is 272 g/mol. The Labute approximate surface area is 117 Å². The molecular formula is C16H16O4. The van der Waals surface area contributed by atoms with Crippen molar-refractivity contribution in [3.8, 4) is 11.5 Å². The molecule has 0 amide bonds. The first kappa shape index (κ1) is 13.9. The number of esters is 1. The zero-order valence-corrected chi connectivity index (χ0v) is 11.4. The average molecular weight is 272 g/mol. The van der Waals surface area contributed by atoms with Gasteiger partial charge in [-0.3, -0.25) is 0 Å².